The third-order valence-electron chi connectivity index (χ3n) is 4.34. The summed E-state index contributed by atoms with van der Waals surface area (Å²) in [5.74, 6) is 0. The number of allylic oxidation sites excluding steroid dienone is 5. The zero-order chi connectivity index (χ0) is 20.7. The Morgan fingerprint density at radius 2 is 1.54 bits per heavy atom. The van der Waals surface area contributed by atoms with Gasteiger partial charge in [0.15, 0.2) is 0 Å². The van der Waals surface area contributed by atoms with E-state index in [0.29, 0.717) is 30.8 Å². The molecule has 4 nitrogen and oxygen atoms in total. The van der Waals surface area contributed by atoms with Crippen LogP contribution in [0.4, 0.5) is 0 Å². The fraction of sp³-hybridized carbons (Fsp3) is 0.478. The van der Waals surface area contributed by atoms with Crippen molar-refractivity contribution in [2.45, 2.75) is 57.3 Å². The van der Waals surface area contributed by atoms with Gasteiger partial charge in [0, 0.05) is 19.7 Å². The number of rotatable bonds is 14. The van der Waals surface area contributed by atoms with Crippen LogP contribution >= 0.6 is 0 Å². The second-order valence-electron chi connectivity index (χ2n) is 6.69. The lowest BCUT2D eigenvalue weighted by Gasteiger charge is -2.22. The highest BCUT2D eigenvalue weighted by atomic mass is 32.2. The SMILES string of the molecule is CC\C=C/C=C\C=C\c1ccc(S(=O)(=O)N(CCCCC)CCCCO)cc1. The van der Waals surface area contributed by atoms with Crippen molar-refractivity contribution in [2.75, 3.05) is 19.7 Å². The lowest BCUT2D eigenvalue weighted by atomic mass is 10.2. The first-order valence-corrected chi connectivity index (χ1v) is 11.7. The van der Waals surface area contributed by atoms with Gasteiger partial charge in [-0.05, 0) is 43.4 Å². The predicted molar refractivity (Wildman–Crippen MR) is 119 cm³/mol. The Bertz CT molecular complexity index is 709. The number of hydrogen-bond acceptors (Lipinski definition) is 3. The van der Waals surface area contributed by atoms with Crippen molar-refractivity contribution in [1.82, 2.24) is 4.31 Å². The van der Waals surface area contributed by atoms with Crippen LogP contribution in [0.1, 0.15) is 57.9 Å². The molecule has 0 amide bonds. The molecule has 1 aromatic rings. The van der Waals surface area contributed by atoms with Gasteiger partial charge in [0.05, 0.1) is 4.90 Å². The van der Waals surface area contributed by atoms with E-state index in [9.17, 15) is 8.42 Å². The number of hydrogen-bond donors (Lipinski definition) is 1. The minimum absolute atomic E-state index is 0.0898. The van der Waals surface area contributed by atoms with Gasteiger partial charge in [-0.1, -0.05) is 75.3 Å². The first kappa shape index (κ1) is 24.3. The molecule has 0 radical (unpaired) electrons. The molecule has 28 heavy (non-hydrogen) atoms. The van der Waals surface area contributed by atoms with Crippen LogP contribution in [0.3, 0.4) is 0 Å². The zero-order valence-corrected chi connectivity index (χ0v) is 18.1. The maximum Gasteiger partial charge on any atom is 0.243 e. The molecule has 0 heterocycles. The Kier molecular flexibility index (Phi) is 12.5. The van der Waals surface area contributed by atoms with Gasteiger partial charge >= 0.3 is 0 Å². The third-order valence-corrected chi connectivity index (χ3v) is 6.25. The van der Waals surface area contributed by atoms with Crippen molar-refractivity contribution in [1.29, 1.82) is 0 Å². The zero-order valence-electron chi connectivity index (χ0n) is 17.3. The maximum atomic E-state index is 13.0. The first-order chi connectivity index (χ1) is 13.6. The Morgan fingerprint density at radius 1 is 0.893 bits per heavy atom. The molecule has 0 spiro atoms. The van der Waals surface area contributed by atoms with Crippen molar-refractivity contribution in [2.24, 2.45) is 0 Å². The van der Waals surface area contributed by atoms with Crippen molar-refractivity contribution >= 4 is 16.1 Å². The summed E-state index contributed by atoms with van der Waals surface area (Å²) in [7, 11) is -3.51. The first-order valence-electron chi connectivity index (χ1n) is 10.3. The number of unbranched alkanes of at least 4 members (excludes halogenated alkanes) is 3. The standard InChI is InChI=1S/C23H35NO3S/c1-3-5-7-8-9-10-14-22-15-17-23(18-16-22)28(26,27)24(19-11-6-4-2)20-12-13-21-25/h5,7-10,14-18,25H,3-4,6,11-13,19-21H2,1-2H3/b7-5-,9-8-,14-10+. The minimum atomic E-state index is -3.51. The van der Waals surface area contributed by atoms with Crippen molar-refractivity contribution in [3.8, 4) is 0 Å². The largest absolute Gasteiger partial charge is 0.396 e. The Morgan fingerprint density at radius 3 is 2.14 bits per heavy atom. The molecule has 5 heteroatoms. The molecule has 0 bridgehead atoms. The molecule has 0 aliphatic rings. The lowest BCUT2D eigenvalue weighted by molar-refractivity contribution is 0.275. The topological polar surface area (TPSA) is 57.6 Å². The van der Waals surface area contributed by atoms with Crippen molar-refractivity contribution < 1.29 is 13.5 Å². The molecule has 156 valence electrons. The van der Waals surface area contributed by atoms with Gasteiger partial charge < -0.3 is 5.11 Å². The van der Waals surface area contributed by atoms with Gasteiger partial charge in [0.1, 0.15) is 0 Å². The van der Waals surface area contributed by atoms with E-state index in [4.69, 9.17) is 5.11 Å². The number of sulfonamides is 1. The van der Waals surface area contributed by atoms with E-state index in [1.54, 1.807) is 16.4 Å². The van der Waals surface area contributed by atoms with Gasteiger partial charge in [-0.3, -0.25) is 0 Å². The lowest BCUT2D eigenvalue weighted by Crippen LogP contribution is -2.33. The Hall–Kier alpha value is -1.69. The fourth-order valence-corrected chi connectivity index (χ4v) is 4.22. The summed E-state index contributed by atoms with van der Waals surface area (Å²) < 4.78 is 27.6. The molecule has 1 N–H and O–H groups in total. The average molecular weight is 406 g/mol. The van der Waals surface area contributed by atoms with Crippen molar-refractivity contribution in [3.05, 3.63) is 60.2 Å². The molecule has 0 aliphatic carbocycles. The molecule has 0 aliphatic heterocycles. The summed E-state index contributed by atoms with van der Waals surface area (Å²) in [6.45, 7) is 5.26. The number of benzene rings is 1. The average Bonchev–Trinajstić information content (AvgIpc) is 2.70. The van der Waals surface area contributed by atoms with Crippen LogP contribution in [0.15, 0.2) is 59.5 Å². The molecule has 0 fully saturated rings. The molecule has 1 aromatic carbocycles. The second-order valence-corrected chi connectivity index (χ2v) is 8.63. The Labute approximate surface area is 171 Å². The van der Waals surface area contributed by atoms with Crippen LogP contribution in [-0.2, 0) is 10.0 Å². The smallest absolute Gasteiger partial charge is 0.243 e. The monoisotopic (exact) mass is 405 g/mol. The van der Waals surface area contributed by atoms with Gasteiger partial charge in [-0.25, -0.2) is 8.42 Å². The van der Waals surface area contributed by atoms with Crippen LogP contribution < -0.4 is 0 Å². The highest BCUT2D eigenvalue weighted by Gasteiger charge is 2.23. The van der Waals surface area contributed by atoms with Gasteiger partial charge in [-0.15, -0.1) is 0 Å². The van der Waals surface area contributed by atoms with Gasteiger partial charge in [0.2, 0.25) is 10.0 Å². The van der Waals surface area contributed by atoms with Crippen LogP contribution in [0.5, 0.6) is 0 Å². The summed E-state index contributed by atoms with van der Waals surface area (Å²) in [6.07, 6.45) is 17.1. The van der Waals surface area contributed by atoms with E-state index < -0.39 is 10.0 Å². The van der Waals surface area contributed by atoms with Crippen LogP contribution in [0, 0.1) is 0 Å². The summed E-state index contributed by atoms with van der Waals surface area (Å²) in [5, 5.41) is 8.99. The highest BCUT2D eigenvalue weighted by molar-refractivity contribution is 7.89. The molecule has 0 unspecified atom stereocenters. The van der Waals surface area contributed by atoms with E-state index in [1.807, 2.05) is 42.5 Å². The predicted octanol–water partition coefficient (Wildman–Crippen LogP) is 5.18. The van der Waals surface area contributed by atoms with E-state index in [2.05, 4.69) is 19.9 Å². The fourth-order valence-electron chi connectivity index (χ4n) is 2.70. The normalized spacial score (nSPS) is 12.9. The quantitative estimate of drug-likeness (QED) is 0.343. The third kappa shape index (κ3) is 9.00. The summed E-state index contributed by atoms with van der Waals surface area (Å²) in [6, 6.07) is 7.01. The van der Waals surface area contributed by atoms with Gasteiger partial charge in [0.25, 0.3) is 0 Å². The number of nitrogens with zero attached hydrogens (tertiary/aromatic N) is 1. The number of aliphatic hydroxyl groups excluding tert-OH is 1. The summed E-state index contributed by atoms with van der Waals surface area (Å²) in [4.78, 5) is 0.326. The van der Waals surface area contributed by atoms with Crippen LogP contribution in [0.25, 0.3) is 6.08 Å². The molecule has 0 atom stereocenters. The van der Waals surface area contributed by atoms with E-state index >= 15 is 0 Å². The second kappa shape index (κ2) is 14.3. The van der Waals surface area contributed by atoms with E-state index in [-0.39, 0.29) is 6.61 Å². The minimum Gasteiger partial charge on any atom is -0.396 e. The molecular weight excluding hydrogens is 370 g/mol. The van der Waals surface area contributed by atoms with E-state index in [0.717, 1.165) is 31.2 Å². The van der Waals surface area contributed by atoms with Crippen LogP contribution in [0.2, 0.25) is 0 Å². The maximum absolute atomic E-state index is 13.0. The van der Waals surface area contributed by atoms with E-state index in [1.165, 1.54) is 0 Å². The molecule has 0 saturated heterocycles. The molecule has 0 saturated carbocycles. The molecular formula is C23H35NO3S. The molecule has 1 rings (SSSR count). The molecule has 0 aromatic heterocycles. The summed E-state index contributed by atoms with van der Waals surface area (Å²) >= 11 is 0. The van der Waals surface area contributed by atoms with Crippen molar-refractivity contribution in [3.63, 3.8) is 0 Å². The summed E-state index contributed by atoms with van der Waals surface area (Å²) in [5.41, 5.74) is 0.959. The highest BCUT2D eigenvalue weighted by Crippen LogP contribution is 2.19. The Balaban J connectivity index is 2.83. The van der Waals surface area contributed by atoms with Gasteiger partial charge in [-0.2, -0.15) is 4.31 Å². The van der Waals surface area contributed by atoms with Crippen LogP contribution in [-0.4, -0.2) is 37.5 Å². The number of aliphatic hydroxyl groups is 1.